The smallest absolute Gasteiger partial charge is 0.336 e. The second-order valence-electron chi connectivity index (χ2n) is 6.22. The van der Waals surface area contributed by atoms with Crippen molar-refractivity contribution < 1.29 is 9.90 Å². The van der Waals surface area contributed by atoms with E-state index < -0.39 is 5.97 Å². The van der Waals surface area contributed by atoms with E-state index in [1.165, 1.54) is 5.56 Å². The molecule has 5 heteroatoms. The van der Waals surface area contributed by atoms with Gasteiger partial charge >= 0.3 is 5.97 Å². The third kappa shape index (κ3) is 2.45. The predicted octanol–water partition coefficient (Wildman–Crippen LogP) is 5.63. The summed E-state index contributed by atoms with van der Waals surface area (Å²) in [6, 6.07) is 11.6. The number of fused-ring (bicyclic) bond motifs is 3. The Kier molecular flexibility index (Phi) is 3.89. The SMILES string of the molecule is O=C(O)c1ccc(Cl)c2c1C1C=CCC1[C@@H](c1ccc(Br)cc1)N2. The summed E-state index contributed by atoms with van der Waals surface area (Å²) in [5.74, 6) is -0.555. The number of carboxylic acid groups (broad SMARTS) is 1. The van der Waals surface area contributed by atoms with Gasteiger partial charge in [0.1, 0.15) is 0 Å². The third-order valence-electron chi connectivity index (χ3n) is 4.93. The van der Waals surface area contributed by atoms with E-state index in [4.69, 9.17) is 11.6 Å². The number of hydrogen-bond donors (Lipinski definition) is 2. The molecular weight excluding hydrogens is 390 g/mol. The van der Waals surface area contributed by atoms with Crippen LogP contribution in [0.2, 0.25) is 5.02 Å². The number of rotatable bonds is 2. The van der Waals surface area contributed by atoms with Crippen molar-refractivity contribution in [3.63, 3.8) is 0 Å². The summed E-state index contributed by atoms with van der Waals surface area (Å²) in [4.78, 5) is 11.7. The van der Waals surface area contributed by atoms with E-state index in [0.29, 0.717) is 10.6 Å². The summed E-state index contributed by atoms with van der Waals surface area (Å²) in [7, 11) is 0. The Labute approximate surface area is 153 Å². The average Bonchev–Trinajstić information content (AvgIpc) is 3.05. The van der Waals surface area contributed by atoms with Crippen LogP contribution in [0.4, 0.5) is 5.69 Å². The van der Waals surface area contributed by atoms with E-state index in [1.54, 1.807) is 12.1 Å². The van der Waals surface area contributed by atoms with E-state index >= 15 is 0 Å². The van der Waals surface area contributed by atoms with Gasteiger partial charge in [0.2, 0.25) is 0 Å². The van der Waals surface area contributed by atoms with Gasteiger partial charge in [-0.3, -0.25) is 0 Å². The van der Waals surface area contributed by atoms with Gasteiger partial charge < -0.3 is 10.4 Å². The molecule has 0 radical (unpaired) electrons. The van der Waals surface area contributed by atoms with Gasteiger partial charge in [-0.15, -0.1) is 0 Å². The lowest BCUT2D eigenvalue weighted by Gasteiger charge is -2.38. The van der Waals surface area contributed by atoms with Gasteiger partial charge in [0.05, 0.1) is 22.3 Å². The number of hydrogen-bond acceptors (Lipinski definition) is 2. The molecule has 2 unspecified atom stereocenters. The molecule has 4 rings (SSSR count). The van der Waals surface area contributed by atoms with E-state index in [1.807, 2.05) is 12.1 Å². The summed E-state index contributed by atoms with van der Waals surface area (Å²) in [5.41, 5.74) is 3.07. The van der Waals surface area contributed by atoms with Crippen molar-refractivity contribution >= 4 is 39.2 Å². The van der Waals surface area contributed by atoms with Crippen molar-refractivity contribution in [2.24, 2.45) is 5.92 Å². The molecule has 2 aliphatic rings. The minimum atomic E-state index is -0.911. The molecule has 1 aliphatic carbocycles. The van der Waals surface area contributed by atoms with Crippen molar-refractivity contribution in [1.29, 1.82) is 0 Å². The molecule has 1 heterocycles. The summed E-state index contributed by atoms with van der Waals surface area (Å²) in [6.45, 7) is 0. The van der Waals surface area contributed by atoms with Crippen molar-refractivity contribution in [3.05, 3.63) is 74.7 Å². The molecule has 0 spiro atoms. The Hall–Kier alpha value is -1.78. The fraction of sp³-hybridized carbons (Fsp3) is 0.211. The first-order valence-electron chi connectivity index (χ1n) is 7.80. The molecule has 0 saturated carbocycles. The standard InChI is InChI=1S/C19H15BrClNO2/c20-11-6-4-10(5-7-11)17-13-3-1-2-12(13)16-14(19(23)24)8-9-15(21)18(16)22-17/h1-2,4-9,12-13,17,22H,3H2,(H,23,24)/t12?,13?,17-/m1/s1. The second-order valence-corrected chi connectivity index (χ2v) is 7.54. The number of halogens is 2. The van der Waals surface area contributed by atoms with Crippen molar-refractivity contribution in [2.45, 2.75) is 18.4 Å². The van der Waals surface area contributed by atoms with Crippen LogP contribution in [-0.2, 0) is 0 Å². The number of allylic oxidation sites excluding steroid dienone is 2. The first kappa shape index (κ1) is 15.7. The van der Waals surface area contributed by atoms with E-state index in [2.05, 4.69) is 45.5 Å². The van der Waals surface area contributed by atoms with Crippen LogP contribution in [0.1, 0.15) is 39.9 Å². The van der Waals surface area contributed by atoms with E-state index in [9.17, 15) is 9.90 Å². The Balaban J connectivity index is 1.86. The number of anilines is 1. The molecule has 3 nitrogen and oxygen atoms in total. The zero-order valence-corrected chi connectivity index (χ0v) is 15.0. The number of aromatic carboxylic acids is 1. The first-order valence-corrected chi connectivity index (χ1v) is 8.97. The lowest BCUT2D eigenvalue weighted by molar-refractivity contribution is 0.0695. The third-order valence-corrected chi connectivity index (χ3v) is 5.77. The van der Waals surface area contributed by atoms with Crippen LogP contribution in [0.3, 0.4) is 0 Å². The molecule has 0 aromatic heterocycles. The van der Waals surface area contributed by atoms with Gasteiger partial charge in [0, 0.05) is 10.4 Å². The van der Waals surface area contributed by atoms with Crippen molar-refractivity contribution in [3.8, 4) is 0 Å². The zero-order chi connectivity index (χ0) is 16.8. The average molecular weight is 405 g/mol. The quantitative estimate of drug-likeness (QED) is 0.638. The molecule has 3 atom stereocenters. The van der Waals surface area contributed by atoms with Gasteiger partial charge in [-0.1, -0.05) is 51.8 Å². The predicted molar refractivity (Wildman–Crippen MR) is 98.9 cm³/mol. The number of nitrogens with one attached hydrogen (secondary N) is 1. The van der Waals surface area contributed by atoms with E-state index in [0.717, 1.165) is 22.1 Å². The van der Waals surface area contributed by atoms with Crippen LogP contribution in [0, 0.1) is 5.92 Å². The largest absolute Gasteiger partial charge is 0.478 e. The molecule has 122 valence electrons. The highest BCUT2D eigenvalue weighted by Crippen LogP contribution is 2.52. The highest BCUT2D eigenvalue weighted by molar-refractivity contribution is 9.10. The fourth-order valence-electron chi connectivity index (χ4n) is 3.86. The van der Waals surface area contributed by atoms with Crippen LogP contribution in [0.15, 0.2) is 53.0 Å². The number of carboxylic acids is 1. The summed E-state index contributed by atoms with van der Waals surface area (Å²) >= 11 is 9.87. The molecular formula is C19H15BrClNO2. The zero-order valence-electron chi connectivity index (χ0n) is 12.7. The lowest BCUT2D eigenvalue weighted by Crippen LogP contribution is -2.30. The molecule has 0 fully saturated rings. The number of carbonyl (C=O) groups is 1. The molecule has 2 aromatic carbocycles. The van der Waals surface area contributed by atoms with Gasteiger partial charge in [0.15, 0.2) is 0 Å². The maximum Gasteiger partial charge on any atom is 0.336 e. The van der Waals surface area contributed by atoms with Gasteiger partial charge in [0.25, 0.3) is 0 Å². The van der Waals surface area contributed by atoms with Gasteiger partial charge in [-0.2, -0.15) is 0 Å². The number of benzene rings is 2. The molecule has 0 bridgehead atoms. The van der Waals surface area contributed by atoms with Crippen LogP contribution < -0.4 is 5.32 Å². The normalized spacial score (nSPS) is 24.2. The maximum atomic E-state index is 11.7. The molecule has 0 amide bonds. The summed E-state index contributed by atoms with van der Waals surface area (Å²) in [6.07, 6.45) is 5.19. The minimum absolute atomic E-state index is 0.0692. The second kappa shape index (κ2) is 5.94. The molecule has 1 aliphatic heterocycles. The Morgan fingerprint density at radius 3 is 2.67 bits per heavy atom. The minimum Gasteiger partial charge on any atom is -0.478 e. The molecule has 24 heavy (non-hydrogen) atoms. The van der Waals surface area contributed by atoms with E-state index in [-0.39, 0.29) is 17.9 Å². The molecule has 2 aromatic rings. The highest BCUT2D eigenvalue weighted by atomic mass is 79.9. The van der Waals surface area contributed by atoms with Crippen LogP contribution in [0.25, 0.3) is 0 Å². The Bertz CT molecular complexity index is 847. The highest BCUT2D eigenvalue weighted by Gasteiger charge is 2.40. The fourth-order valence-corrected chi connectivity index (χ4v) is 4.34. The van der Waals surface area contributed by atoms with Crippen molar-refractivity contribution in [2.75, 3.05) is 5.32 Å². The first-order chi connectivity index (χ1) is 11.6. The lowest BCUT2D eigenvalue weighted by atomic mass is 9.75. The maximum absolute atomic E-state index is 11.7. The Morgan fingerprint density at radius 1 is 1.21 bits per heavy atom. The van der Waals surface area contributed by atoms with Gasteiger partial charge in [-0.25, -0.2) is 4.79 Å². The molecule has 2 N–H and O–H groups in total. The molecule has 0 saturated heterocycles. The monoisotopic (exact) mass is 403 g/mol. The van der Waals surface area contributed by atoms with Crippen molar-refractivity contribution in [1.82, 2.24) is 0 Å². The van der Waals surface area contributed by atoms with Gasteiger partial charge in [-0.05, 0) is 47.7 Å². The summed E-state index contributed by atoms with van der Waals surface area (Å²) < 4.78 is 1.04. The summed E-state index contributed by atoms with van der Waals surface area (Å²) in [5, 5.41) is 13.6. The van der Waals surface area contributed by atoms with Crippen LogP contribution in [-0.4, -0.2) is 11.1 Å². The topological polar surface area (TPSA) is 49.3 Å². The van der Waals surface area contributed by atoms with Crippen LogP contribution >= 0.6 is 27.5 Å². The van der Waals surface area contributed by atoms with Crippen LogP contribution in [0.5, 0.6) is 0 Å². The Morgan fingerprint density at radius 2 is 1.96 bits per heavy atom.